The third kappa shape index (κ3) is 2.46. The number of rotatable bonds is 3. The van der Waals surface area contributed by atoms with E-state index in [1.165, 1.54) is 29.6 Å². The maximum Gasteiger partial charge on any atom is 0.358 e. The fourth-order valence-electron chi connectivity index (χ4n) is 1.79. The molecule has 20 heavy (non-hydrogen) atoms. The third-order valence-electron chi connectivity index (χ3n) is 2.77. The molecule has 0 bridgehead atoms. The van der Waals surface area contributed by atoms with Gasteiger partial charge in [-0.25, -0.2) is 14.8 Å². The number of anilines is 2. The van der Waals surface area contributed by atoms with Crippen molar-refractivity contribution in [1.29, 1.82) is 0 Å². The number of hydrogen-bond acceptors (Lipinski definition) is 6. The molecule has 0 amide bonds. The zero-order valence-corrected chi connectivity index (χ0v) is 11.5. The van der Waals surface area contributed by atoms with Gasteiger partial charge < -0.3 is 10.1 Å². The maximum absolute atomic E-state index is 11.3. The lowest BCUT2D eigenvalue weighted by atomic mass is 10.2. The summed E-state index contributed by atoms with van der Waals surface area (Å²) in [6.45, 7) is 0. The van der Waals surface area contributed by atoms with Crippen LogP contribution in [0.2, 0.25) is 0 Å². The standard InChI is InChI=1S/C14H11N3O2S/c1-19-14(18)11-7-16-13(8-15-11)17-10-2-3-12-9(6-10)4-5-20-12/h2-8H,1H3,(H,16,17). The van der Waals surface area contributed by atoms with Crippen molar-refractivity contribution in [2.75, 3.05) is 12.4 Å². The molecular weight excluding hydrogens is 274 g/mol. The number of nitrogens with zero attached hydrogens (tertiary/aromatic N) is 2. The van der Waals surface area contributed by atoms with Gasteiger partial charge in [0, 0.05) is 10.4 Å². The number of benzene rings is 1. The number of methoxy groups -OCH3 is 1. The summed E-state index contributed by atoms with van der Waals surface area (Å²) in [5.74, 6) is 0.0796. The Balaban J connectivity index is 1.81. The molecule has 0 unspecified atom stereocenters. The number of carbonyl (C=O) groups excluding carboxylic acids is 1. The van der Waals surface area contributed by atoms with E-state index in [1.54, 1.807) is 11.3 Å². The van der Waals surface area contributed by atoms with Crippen molar-refractivity contribution in [3.63, 3.8) is 0 Å². The van der Waals surface area contributed by atoms with Gasteiger partial charge >= 0.3 is 5.97 Å². The summed E-state index contributed by atoms with van der Waals surface area (Å²) in [4.78, 5) is 19.4. The molecule has 1 N–H and O–H groups in total. The highest BCUT2D eigenvalue weighted by Crippen LogP contribution is 2.25. The average molecular weight is 285 g/mol. The number of hydrogen-bond donors (Lipinski definition) is 1. The van der Waals surface area contributed by atoms with Crippen LogP contribution in [0.4, 0.5) is 11.5 Å². The highest BCUT2D eigenvalue weighted by Gasteiger charge is 2.07. The van der Waals surface area contributed by atoms with Crippen LogP contribution in [0.15, 0.2) is 42.0 Å². The van der Waals surface area contributed by atoms with E-state index in [-0.39, 0.29) is 5.69 Å². The van der Waals surface area contributed by atoms with Crippen LogP contribution < -0.4 is 5.32 Å². The molecule has 0 aliphatic carbocycles. The first-order chi connectivity index (χ1) is 9.76. The summed E-state index contributed by atoms with van der Waals surface area (Å²) >= 11 is 1.70. The van der Waals surface area contributed by atoms with Crippen molar-refractivity contribution in [3.8, 4) is 0 Å². The average Bonchev–Trinajstić information content (AvgIpc) is 2.95. The molecule has 3 aromatic rings. The zero-order valence-electron chi connectivity index (χ0n) is 10.7. The molecule has 5 nitrogen and oxygen atoms in total. The lowest BCUT2D eigenvalue weighted by molar-refractivity contribution is 0.0593. The van der Waals surface area contributed by atoms with E-state index < -0.39 is 5.97 Å². The third-order valence-corrected chi connectivity index (χ3v) is 3.67. The van der Waals surface area contributed by atoms with Crippen LogP contribution in [0, 0.1) is 0 Å². The molecule has 2 heterocycles. The highest BCUT2D eigenvalue weighted by atomic mass is 32.1. The summed E-state index contributed by atoms with van der Waals surface area (Å²) < 4.78 is 5.81. The Morgan fingerprint density at radius 2 is 2.15 bits per heavy atom. The van der Waals surface area contributed by atoms with Gasteiger partial charge in [0.2, 0.25) is 0 Å². The molecule has 0 spiro atoms. The molecule has 100 valence electrons. The number of aromatic nitrogens is 2. The van der Waals surface area contributed by atoms with Gasteiger partial charge in [0.1, 0.15) is 5.82 Å². The first-order valence-corrected chi connectivity index (χ1v) is 6.79. The van der Waals surface area contributed by atoms with Crippen LogP contribution in [0.3, 0.4) is 0 Å². The fraction of sp³-hybridized carbons (Fsp3) is 0.0714. The Kier molecular flexibility index (Phi) is 3.30. The van der Waals surface area contributed by atoms with E-state index in [1.807, 2.05) is 12.1 Å². The van der Waals surface area contributed by atoms with Gasteiger partial charge in [0.25, 0.3) is 0 Å². The fourth-order valence-corrected chi connectivity index (χ4v) is 2.57. The Morgan fingerprint density at radius 1 is 1.25 bits per heavy atom. The van der Waals surface area contributed by atoms with E-state index in [2.05, 4.69) is 37.5 Å². The number of fused-ring (bicyclic) bond motifs is 1. The van der Waals surface area contributed by atoms with E-state index >= 15 is 0 Å². The molecule has 0 radical (unpaired) electrons. The molecule has 0 atom stereocenters. The van der Waals surface area contributed by atoms with Crippen LogP contribution in [-0.2, 0) is 4.74 Å². The van der Waals surface area contributed by atoms with Gasteiger partial charge in [-0.15, -0.1) is 11.3 Å². The van der Waals surface area contributed by atoms with Crippen LogP contribution in [0.1, 0.15) is 10.5 Å². The molecule has 6 heteroatoms. The number of thiophene rings is 1. The monoisotopic (exact) mass is 285 g/mol. The Morgan fingerprint density at radius 3 is 2.90 bits per heavy atom. The molecule has 0 aliphatic heterocycles. The number of esters is 1. The SMILES string of the molecule is COC(=O)c1cnc(Nc2ccc3sccc3c2)cn1. The summed E-state index contributed by atoms with van der Waals surface area (Å²) in [5.41, 5.74) is 1.11. The largest absolute Gasteiger partial charge is 0.464 e. The first-order valence-electron chi connectivity index (χ1n) is 5.91. The normalized spacial score (nSPS) is 10.4. The van der Waals surface area contributed by atoms with Crippen molar-refractivity contribution in [2.24, 2.45) is 0 Å². The molecule has 0 saturated carbocycles. The lowest BCUT2D eigenvalue weighted by Crippen LogP contribution is -2.05. The molecule has 3 rings (SSSR count). The van der Waals surface area contributed by atoms with Gasteiger partial charge in [0.05, 0.1) is 19.5 Å². The Labute approximate surface area is 119 Å². The summed E-state index contributed by atoms with van der Waals surface area (Å²) in [6, 6.07) is 8.15. The highest BCUT2D eigenvalue weighted by molar-refractivity contribution is 7.17. The smallest absolute Gasteiger partial charge is 0.358 e. The minimum absolute atomic E-state index is 0.186. The van der Waals surface area contributed by atoms with E-state index in [4.69, 9.17) is 0 Å². The van der Waals surface area contributed by atoms with Crippen molar-refractivity contribution >= 4 is 38.9 Å². The van der Waals surface area contributed by atoms with Gasteiger partial charge in [0.15, 0.2) is 5.69 Å². The van der Waals surface area contributed by atoms with Crippen LogP contribution >= 0.6 is 11.3 Å². The molecule has 1 aromatic carbocycles. The number of carbonyl (C=O) groups is 1. The predicted octanol–water partition coefficient (Wildman–Crippen LogP) is 3.22. The quantitative estimate of drug-likeness (QED) is 0.748. The van der Waals surface area contributed by atoms with Crippen LogP contribution in [0.5, 0.6) is 0 Å². The number of nitrogens with one attached hydrogen (secondary N) is 1. The van der Waals surface area contributed by atoms with Gasteiger partial charge in [-0.1, -0.05) is 0 Å². The number of ether oxygens (including phenoxy) is 1. The first kappa shape index (κ1) is 12.6. The lowest BCUT2D eigenvalue weighted by Gasteiger charge is -2.05. The van der Waals surface area contributed by atoms with Crippen molar-refractivity contribution in [3.05, 3.63) is 47.7 Å². The van der Waals surface area contributed by atoms with Crippen molar-refractivity contribution < 1.29 is 9.53 Å². The second kappa shape index (κ2) is 5.26. The van der Waals surface area contributed by atoms with Crippen LogP contribution in [-0.4, -0.2) is 23.0 Å². The topological polar surface area (TPSA) is 64.1 Å². The summed E-state index contributed by atoms with van der Waals surface area (Å²) in [6.07, 6.45) is 2.89. The predicted molar refractivity (Wildman–Crippen MR) is 78.5 cm³/mol. The van der Waals surface area contributed by atoms with E-state index in [0.29, 0.717) is 5.82 Å². The van der Waals surface area contributed by atoms with Gasteiger partial charge in [-0.05, 0) is 35.0 Å². The summed E-state index contributed by atoms with van der Waals surface area (Å²) in [7, 11) is 1.31. The van der Waals surface area contributed by atoms with Crippen molar-refractivity contribution in [2.45, 2.75) is 0 Å². The molecular formula is C14H11N3O2S. The van der Waals surface area contributed by atoms with Gasteiger partial charge in [-0.3, -0.25) is 0 Å². The molecule has 2 aromatic heterocycles. The summed E-state index contributed by atoms with van der Waals surface area (Å²) in [5, 5.41) is 6.38. The maximum atomic E-state index is 11.3. The minimum atomic E-state index is -0.497. The Hall–Kier alpha value is -2.47. The zero-order chi connectivity index (χ0) is 13.9. The van der Waals surface area contributed by atoms with Crippen LogP contribution in [0.25, 0.3) is 10.1 Å². The second-order valence-corrected chi connectivity index (χ2v) is 5.02. The van der Waals surface area contributed by atoms with Gasteiger partial charge in [-0.2, -0.15) is 0 Å². The van der Waals surface area contributed by atoms with E-state index in [9.17, 15) is 4.79 Å². The molecule has 0 fully saturated rings. The molecule has 0 aliphatic rings. The minimum Gasteiger partial charge on any atom is -0.464 e. The molecule has 0 saturated heterocycles. The Bertz CT molecular complexity index is 752. The van der Waals surface area contributed by atoms with E-state index in [0.717, 1.165) is 5.69 Å². The second-order valence-electron chi connectivity index (χ2n) is 4.08. The van der Waals surface area contributed by atoms with Crippen molar-refractivity contribution in [1.82, 2.24) is 9.97 Å².